The Morgan fingerprint density at radius 1 is 1.20 bits per heavy atom. The molecule has 0 aliphatic rings. The van der Waals surface area contributed by atoms with Crippen LogP contribution in [0, 0.1) is 0 Å². The minimum Gasteiger partial charge on any atom is -0.497 e. The molecule has 0 aromatic heterocycles. The summed E-state index contributed by atoms with van der Waals surface area (Å²) in [6, 6.07) is 6.07. The number of carbonyl (C=O) groups excluding carboxylic acids is 1. The number of esters is 1. The molecule has 5 nitrogen and oxygen atoms in total. The Bertz CT molecular complexity index is 664. The molecule has 0 spiro atoms. The van der Waals surface area contributed by atoms with Crippen molar-refractivity contribution in [1.82, 2.24) is 0 Å². The lowest BCUT2D eigenvalue weighted by molar-refractivity contribution is -0.146. The van der Waals surface area contributed by atoms with Crippen LogP contribution in [0.5, 0.6) is 5.75 Å². The molecule has 1 aromatic carbocycles. The molecule has 0 saturated carbocycles. The molecule has 25 heavy (non-hydrogen) atoms. The third-order valence-electron chi connectivity index (χ3n) is 4.19. The van der Waals surface area contributed by atoms with Crippen molar-refractivity contribution < 1.29 is 22.7 Å². The molecule has 0 heterocycles. The molecule has 0 bridgehead atoms. The fourth-order valence-corrected chi connectivity index (χ4v) is 4.75. The molecule has 0 amide bonds. The second-order valence-corrected chi connectivity index (χ2v) is 8.10. The van der Waals surface area contributed by atoms with E-state index in [1.807, 2.05) is 6.92 Å². The Morgan fingerprint density at radius 2 is 1.84 bits per heavy atom. The number of allylic oxidation sites excluding steroid dienone is 1. The summed E-state index contributed by atoms with van der Waals surface area (Å²) in [5.41, 5.74) is 0. The Kier molecular flexibility index (Phi) is 8.16. The van der Waals surface area contributed by atoms with Gasteiger partial charge in [0.05, 0.1) is 18.6 Å². The monoisotopic (exact) mass is 368 g/mol. The van der Waals surface area contributed by atoms with Crippen LogP contribution in [0.1, 0.15) is 46.0 Å². The lowest BCUT2D eigenvalue weighted by Gasteiger charge is -2.30. The predicted octanol–water partition coefficient (Wildman–Crippen LogP) is 3.93. The van der Waals surface area contributed by atoms with Crippen LogP contribution in [-0.2, 0) is 19.4 Å². The first kappa shape index (κ1) is 21.2. The topological polar surface area (TPSA) is 69.7 Å². The smallest absolute Gasteiger partial charge is 0.328 e. The summed E-state index contributed by atoms with van der Waals surface area (Å²) >= 11 is 0. The van der Waals surface area contributed by atoms with E-state index in [1.54, 1.807) is 19.1 Å². The van der Waals surface area contributed by atoms with E-state index in [9.17, 15) is 13.2 Å². The van der Waals surface area contributed by atoms with Gasteiger partial charge in [-0.2, -0.15) is 0 Å². The van der Waals surface area contributed by atoms with Crippen molar-refractivity contribution in [3.63, 3.8) is 0 Å². The number of carbonyl (C=O) groups is 1. The van der Waals surface area contributed by atoms with E-state index in [2.05, 4.69) is 6.58 Å². The van der Waals surface area contributed by atoms with E-state index in [1.165, 1.54) is 25.3 Å². The number of hydrogen-bond acceptors (Lipinski definition) is 5. The molecule has 0 N–H and O–H groups in total. The van der Waals surface area contributed by atoms with Crippen LogP contribution < -0.4 is 4.74 Å². The Hall–Kier alpha value is -1.82. The molecule has 0 aliphatic carbocycles. The van der Waals surface area contributed by atoms with Gasteiger partial charge in [-0.1, -0.05) is 32.3 Å². The summed E-state index contributed by atoms with van der Waals surface area (Å²) in [5.74, 6) is -0.155. The fraction of sp³-hybridized carbons (Fsp3) is 0.526. The van der Waals surface area contributed by atoms with E-state index in [-0.39, 0.29) is 24.3 Å². The van der Waals surface area contributed by atoms with Crippen LogP contribution in [-0.4, -0.2) is 32.9 Å². The lowest BCUT2D eigenvalue weighted by Crippen LogP contribution is -2.47. The minimum atomic E-state index is -3.95. The SMILES string of the molecule is C=CCC(CCCCC)(C(=O)OCC)S(=O)(=O)c1ccc(OC)cc1. The first-order valence-corrected chi connectivity index (χ1v) is 10.0. The molecular formula is C19H28O5S. The van der Waals surface area contributed by atoms with Gasteiger partial charge in [-0.25, -0.2) is 8.42 Å². The van der Waals surface area contributed by atoms with Crippen LogP contribution in [0.2, 0.25) is 0 Å². The van der Waals surface area contributed by atoms with Crippen LogP contribution in [0.15, 0.2) is 41.8 Å². The molecule has 140 valence electrons. The molecule has 6 heteroatoms. The zero-order valence-electron chi connectivity index (χ0n) is 15.3. The second-order valence-electron chi connectivity index (χ2n) is 5.84. The number of hydrogen-bond donors (Lipinski definition) is 0. The number of ether oxygens (including phenoxy) is 2. The average molecular weight is 368 g/mol. The van der Waals surface area contributed by atoms with Crippen molar-refractivity contribution in [3.8, 4) is 5.75 Å². The lowest BCUT2D eigenvalue weighted by atomic mass is 9.96. The van der Waals surface area contributed by atoms with Crippen LogP contribution in [0.3, 0.4) is 0 Å². The van der Waals surface area contributed by atoms with E-state index in [0.29, 0.717) is 12.2 Å². The summed E-state index contributed by atoms with van der Waals surface area (Å²) in [7, 11) is -2.44. The quantitative estimate of drug-likeness (QED) is 0.336. The summed E-state index contributed by atoms with van der Waals surface area (Å²) in [5, 5.41) is 0. The summed E-state index contributed by atoms with van der Waals surface area (Å²) in [4.78, 5) is 12.8. The highest BCUT2D eigenvalue weighted by Gasteiger charge is 2.51. The van der Waals surface area contributed by atoms with Crippen molar-refractivity contribution in [2.75, 3.05) is 13.7 Å². The molecule has 1 aromatic rings. The third kappa shape index (κ3) is 4.63. The molecule has 0 radical (unpaired) electrons. The van der Waals surface area contributed by atoms with Crippen molar-refractivity contribution in [3.05, 3.63) is 36.9 Å². The predicted molar refractivity (Wildman–Crippen MR) is 98.5 cm³/mol. The maximum Gasteiger partial charge on any atom is 0.328 e. The Balaban J connectivity index is 3.42. The Morgan fingerprint density at radius 3 is 2.32 bits per heavy atom. The van der Waals surface area contributed by atoms with Crippen molar-refractivity contribution in [2.45, 2.75) is 55.6 Å². The van der Waals surface area contributed by atoms with E-state index >= 15 is 0 Å². The van der Waals surface area contributed by atoms with Crippen molar-refractivity contribution in [1.29, 1.82) is 0 Å². The third-order valence-corrected chi connectivity index (χ3v) is 6.65. The highest BCUT2D eigenvalue weighted by Crippen LogP contribution is 2.36. The summed E-state index contributed by atoms with van der Waals surface area (Å²) in [6.07, 6.45) is 4.10. The van der Waals surface area contributed by atoms with Gasteiger partial charge < -0.3 is 9.47 Å². The highest BCUT2D eigenvalue weighted by atomic mass is 32.2. The van der Waals surface area contributed by atoms with Gasteiger partial charge in [-0.05, 0) is 44.0 Å². The van der Waals surface area contributed by atoms with Crippen LogP contribution in [0.4, 0.5) is 0 Å². The maximum absolute atomic E-state index is 13.4. The van der Waals surface area contributed by atoms with Gasteiger partial charge in [0.2, 0.25) is 0 Å². The highest BCUT2D eigenvalue weighted by molar-refractivity contribution is 7.93. The number of unbranched alkanes of at least 4 members (excludes halogenated alkanes) is 2. The molecule has 0 aliphatic heterocycles. The van der Waals surface area contributed by atoms with Gasteiger partial charge in [0.1, 0.15) is 5.75 Å². The number of methoxy groups -OCH3 is 1. The zero-order valence-corrected chi connectivity index (χ0v) is 16.1. The van der Waals surface area contributed by atoms with Gasteiger partial charge >= 0.3 is 5.97 Å². The fourth-order valence-electron chi connectivity index (χ4n) is 2.78. The summed E-state index contributed by atoms with van der Waals surface area (Å²) < 4.78 is 35.3. The van der Waals surface area contributed by atoms with Crippen LogP contribution >= 0.6 is 0 Å². The molecule has 1 rings (SSSR count). The molecule has 0 saturated heterocycles. The standard InChI is InChI=1S/C19H28O5S/c1-5-8-9-15-19(14-6-2,18(20)24-7-3)25(21,22)17-12-10-16(23-4)11-13-17/h6,10-13H,2,5,7-9,14-15H2,1,3-4H3. The molecule has 0 fully saturated rings. The number of sulfone groups is 1. The van der Waals surface area contributed by atoms with Gasteiger partial charge in [0.15, 0.2) is 14.6 Å². The largest absolute Gasteiger partial charge is 0.497 e. The first-order valence-electron chi connectivity index (χ1n) is 8.56. The van der Waals surface area contributed by atoms with Gasteiger partial charge in [-0.15, -0.1) is 6.58 Å². The first-order chi connectivity index (χ1) is 11.9. The van der Waals surface area contributed by atoms with Crippen molar-refractivity contribution in [2.24, 2.45) is 0 Å². The zero-order chi connectivity index (χ0) is 18.9. The van der Waals surface area contributed by atoms with Gasteiger partial charge in [0.25, 0.3) is 0 Å². The van der Waals surface area contributed by atoms with Gasteiger partial charge in [-0.3, -0.25) is 4.79 Å². The van der Waals surface area contributed by atoms with E-state index < -0.39 is 20.6 Å². The van der Waals surface area contributed by atoms with Crippen LogP contribution in [0.25, 0.3) is 0 Å². The Labute approximate surface area is 151 Å². The number of benzene rings is 1. The number of rotatable bonds is 11. The average Bonchev–Trinajstić information content (AvgIpc) is 2.61. The molecule has 1 atom stereocenters. The molecule has 1 unspecified atom stereocenters. The maximum atomic E-state index is 13.4. The van der Waals surface area contributed by atoms with Crippen molar-refractivity contribution >= 4 is 15.8 Å². The summed E-state index contributed by atoms with van der Waals surface area (Å²) in [6.45, 7) is 7.48. The normalized spacial score (nSPS) is 13.7. The van der Waals surface area contributed by atoms with Gasteiger partial charge in [0, 0.05) is 0 Å². The molecular weight excluding hydrogens is 340 g/mol. The van der Waals surface area contributed by atoms with E-state index in [4.69, 9.17) is 9.47 Å². The van der Waals surface area contributed by atoms with E-state index in [0.717, 1.165) is 12.8 Å². The second kappa shape index (κ2) is 9.61. The minimum absolute atomic E-state index is 0.0178.